The summed E-state index contributed by atoms with van der Waals surface area (Å²) in [5.74, 6) is -1.15. The summed E-state index contributed by atoms with van der Waals surface area (Å²) in [4.78, 5) is 26.8. The summed E-state index contributed by atoms with van der Waals surface area (Å²) in [5.41, 5.74) is 4.68. The second-order valence-electron chi connectivity index (χ2n) is 8.93. The van der Waals surface area contributed by atoms with Crippen LogP contribution in [0.1, 0.15) is 46.8 Å². The van der Waals surface area contributed by atoms with Crippen LogP contribution in [0.4, 0.5) is 4.39 Å². The number of dihydropyridines is 1. The highest BCUT2D eigenvalue weighted by Gasteiger charge is 2.43. The molecule has 1 aliphatic heterocycles. The topological polar surface area (TPSA) is 73.9 Å². The molecule has 1 heterocycles. The van der Waals surface area contributed by atoms with E-state index in [2.05, 4.69) is 5.32 Å². The number of hydrogen-bond acceptors (Lipinski definition) is 6. The molecule has 6 nitrogen and oxygen atoms in total. The van der Waals surface area contributed by atoms with Crippen molar-refractivity contribution in [3.63, 3.8) is 0 Å². The van der Waals surface area contributed by atoms with Crippen LogP contribution in [0.3, 0.4) is 0 Å². The Hall–Kier alpha value is -4.10. The lowest BCUT2D eigenvalue weighted by atomic mass is 9.79. The van der Waals surface area contributed by atoms with Crippen LogP contribution in [-0.2, 0) is 16.1 Å². The van der Waals surface area contributed by atoms with Crippen LogP contribution < -0.4 is 14.8 Å². The van der Waals surface area contributed by atoms with Crippen LogP contribution in [0.5, 0.6) is 11.5 Å². The molecule has 0 fully saturated rings. The molecule has 0 amide bonds. The maximum Gasteiger partial charge on any atom is 0.336 e. The van der Waals surface area contributed by atoms with Crippen molar-refractivity contribution in [1.29, 1.82) is 0 Å². The van der Waals surface area contributed by atoms with Crippen molar-refractivity contribution in [2.75, 3.05) is 13.7 Å². The van der Waals surface area contributed by atoms with Gasteiger partial charge in [0.1, 0.15) is 12.4 Å². The average molecular weight is 534 g/mol. The molecule has 38 heavy (non-hydrogen) atoms. The second-order valence-corrected chi connectivity index (χ2v) is 9.34. The molecule has 1 atom stereocenters. The first-order valence-electron chi connectivity index (χ1n) is 12.1. The number of carbonyl (C=O) groups is 2. The van der Waals surface area contributed by atoms with Gasteiger partial charge in [-0.05, 0) is 49.2 Å². The SMILES string of the molecule is CCOC(=O)C1=C(C)NC2=C(C(=O)c3ccccc32)[C@H]1c1cc(Cl)c(OCc2ccc(F)cc2)c(OC)c1. The number of hydrogen-bond donors (Lipinski definition) is 1. The fraction of sp³-hybridized carbons (Fsp3) is 0.200. The van der Waals surface area contributed by atoms with Gasteiger partial charge in [0.15, 0.2) is 17.3 Å². The number of Topliss-reactive ketones (excluding diaryl/α,β-unsaturated/α-hetero) is 1. The van der Waals surface area contributed by atoms with E-state index >= 15 is 0 Å². The fourth-order valence-electron chi connectivity index (χ4n) is 4.92. The molecular weight excluding hydrogens is 509 g/mol. The standard InChI is InChI=1S/C30H25ClFNO5/c1-4-37-30(35)24-16(2)33-27-20-7-5-6-8-21(20)28(34)26(27)25(24)18-13-22(31)29(23(14-18)36-3)38-15-17-9-11-19(32)12-10-17/h5-14,25,33H,4,15H2,1-3H3/t25-/m0/s1. The first kappa shape index (κ1) is 25.5. The Morgan fingerprint density at radius 2 is 1.79 bits per heavy atom. The number of allylic oxidation sites excluding steroid dienone is 2. The normalized spacial score (nSPS) is 16.1. The van der Waals surface area contributed by atoms with Crippen LogP contribution in [0.25, 0.3) is 5.70 Å². The predicted octanol–water partition coefficient (Wildman–Crippen LogP) is 6.20. The maximum absolute atomic E-state index is 13.6. The van der Waals surface area contributed by atoms with E-state index in [0.29, 0.717) is 45.2 Å². The Morgan fingerprint density at radius 1 is 1.08 bits per heavy atom. The highest BCUT2D eigenvalue weighted by molar-refractivity contribution is 6.32. The van der Waals surface area contributed by atoms with Gasteiger partial charge in [-0.2, -0.15) is 0 Å². The monoisotopic (exact) mass is 533 g/mol. The predicted molar refractivity (Wildman–Crippen MR) is 142 cm³/mol. The summed E-state index contributed by atoms with van der Waals surface area (Å²) >= 11 is 6.70. The molecule has 2 aliphatic rings. The minimum atomic E-state index is -0.747. The van der Waals surface area contributed by atoms with Crippen molar-refractivity contribution in [1.82, 2.24) is 5.32 Å². The molecule has 194 valence electrons. The molecule has 0 unspecified atom stereocenters. The summed E-state index contributed by atoms with van der Waals surface area (Å²) in [6.45, 7) is 3.84. The van der Waals surface area contributed by atoms with Crippen LogP contribution in [0.2, 0.25) is 5.02 Å². The third-order valence-electron chi connectivity index (χ3n) is 6.63. The molecule has 0 radical (unpaired) electrons. The van der Waals surface area contributed by atoms with Crippen molar-refractivity contribution in [3.05, 3.63) is 111 Å². The lowest BCUT2D eigenvalue weighted by Crippen LogP contribution is -2.29. The average Bonchev–Trinajstić information content (AvgIpc) is 3.19. The van der Waals surface area contributed by atoms with Gasteiger partial charge < -0.3 is 19.5 Å². The number of ether oxygens (including phenoxy) is 3. The Balaban J connectivity index is 1.60. The van der Waals surface area contributed by atoms with Gasteiger partial charge in [-0.15, -0.1) is 0 Å². The quantitative estimate of drug-likeness (QED) is 0.365. The lowest BCUT2D eigenvalue weighted by Gasteiger charge is -2.29. The molecule has 0 saturated carbocycles. The summed E-state index contributed by atoms with van der Waals surface area (Å²) in [5, 5.41) is 3.51. The number of benzene rings is 3. The van der Waals surface area contributed by atoms with Crippen molar-refractivity contribution in [2.45, 2.75) is 26.4 Å². The number of methoxy groups -OCH3 is 1. The Morgan fingerprint density at radius 3 is 2.47 bits per heavy atom. The van der Waals surface area contributed by atoms with Crippen LogP contribution in [0, 0.1) is 5.82 Å². The molecular formula is C30H25ClFNO5. The van der Waals surface area contributed by atoms with E-state index in [-0.39, 0.29) is 29.8 Å². The second kappa shape index (κ2) is 10.3. The van der Waals surface area contributed by atoms with Gasteiger partial charge in [-0.3, -0.25) is 4.79 Å². The van der Waals surface area contributed by atoms with Crippen molar-refractivity contribution in [3.8, 4) is 11.5 Å². The minimum absolute atomic E-state index is 0.138. The summed E-state index contributed by atoms with van der Waals surface area (Å²) in [6, 6.07) is 16.7. The molecule has 0 bridgehead atoms. The van der Waals surface area contributed by atoms with E-state index < -0.39 is 11.9 Å². The zero-order chi connectivity index (χ0) is 27.0. The number of nitrogens with one attached hydrogen (secondary N) is 1. The molecule has 3 aromatic carbocycles. The van der Waals surface area contributed by atoms with Gasteiger partial charge in [0.25, 0.3) is 0 Å². The molecule has 0 aromatic heterocycles. The molecule has 1 N–H and O–H groups in total. The van der Waals surface area contributed by atoms with Gasteiger partial charge in [-0.1, -0.05) is 48.0 Å². The van der Waals surface area contributed by atoms with Gasteiger partial charge in [0.2, 0.25) is 0 Å². The molecule has 8 heteroatoms. The van der Waals surface area contributed by atoms with Crippen LogP contribution >= 0.6 is 11.6 Å². The highest BCUT2D eigenvalue weighted by atomic mass is 35.5. The van der Waals surface area contributed by atoms with E-state index in [4.69, 9.17) is 25.8 Å². The van der Waals surface area contributed by atoms with Gasteiger partial charge in [0, 0.05) is 28.3 Å². The van der Waals surface area contributed by atoms with E-state index in [1.165, 1.54) is 19.2 Å². The number of fused-ring (bicyclic) bond motifs is 2. The van der Waals surface area contributed by atoms with Crippen molar-refractivity contribution in [2.24, 2.45) is 0 Å². The zero-order valence-corrected chi connectivity index (χ0v) is 21.8. The van der Waals surface area contributed by atoms with Gasteiger partial charge in [0.05, 0.1) is 30.0 Å². The number of ketones is 1. The van der Waals surface area contributed by atoms with Crippen LogP contribution in [0.15, 0.2) is 77.5 Å². The molecule has 0 saturated heterocycles. The summed E-state index contributed by atoms with van der Waals surface area (Å²) in [6.07, 6.45) is 0. The third-order valence-corrected chi connectivity index (χ3v) is 6.91. The van der Waals surface area contributed by atoms with Gasteiger partial charge >= 0.3 is 5.97 Å². The first-order chi connectivity index (χ1) is 18.3. The summed E-state index contributed by atoms with van der Waals surface area (Å²) in [7, 11) is 1.48. The maximum atomic E-state index is 13.6. The number of halogens is 2. The van der Waals surface area contributed by atoms with Crippen LogP contribution in [-0.4, -0.2) is 25.5 Å². The number of esters is 1. The Labute approximate surface area is 224 Å². The van der Waals surface area contributed by atoms with Crippen molar-refractivity contribution < 1.29 is 28.2 Å². The first-order valence-corrected chi connectivity index (χ1v) is 12.5. The zero-order valence-electron chi connectivity index (χ0n) is 21.1. The van der Waals surface area contributed by atoms with E-state index in [1.807, 2.05) is 18.2 Å². The van der Waals surface area contributed by atoms with E-state index in [1.54, 1.807) is 44.2 Å². The smallest absolute Gasteiger partial charge is 0.336 e. The van der Waals surface area contributed by atoms with E-state index in [0.717, 1.165) is 11.1 Å². The van der Waals surface area contributed by atoms with E-state index in [9.17, 15) is 14.0 Å². The molecule has 1 aliphatic carbocycles. The molecule has 3 aromatic rings. The molecule has 5 rings (SSSR count). The largest absolute Gasteiger partial charge is 0.493 e. The lowest BCUT2D eigenvalue weighted by molar-refractivity contribution is -0.138. The third kappa shape index (κ3) is 4.43. The summed E-state index contributed by atoms with van der Waals surface area (Å²) < 4.78 is 30.2. The molecule has 0 spiro atoms. The highest BCUT2D eigenvalue weighted by Crippen LogP contribution is 2.49. The number of rotatable bonds is 7. The van der Waals surface area contributed by atoms with Crippen molar-refractivity contribution >= 4 is 29.1 Å². The Kier molecular flexibility index (Phi) is 6.95. The minimum Gasteiger partial charge on any atom is -0.493 e. The Bertz CT molecular complexity index is 1510. The fourth-order valence-corrected chi connectivity index (χ4v) is 5.20. The van der Waals surface area contributed by atoms with Gasteiger partial charge in [-0.25, -0.2) is 9.18 Å². The number of carbonyl (C=O) groups excluding carboxylic acids is 2.